The van der Waals surface area contributed by atoms with Gasteiger partial charge in [0.15, 0.2) is 5.84 Å². The largest absolute Gasteiger partial charge is 0.382 e. The molecule has 1 aromatic heterocycles. The fourth-order valence-corrected chi connectivity index (χ4v) is 1.68. The summed E-state index contributed by atoms with van der Waals surface area (Å²) in [6, 6.07) is 6.80. The van der Waals surface area contributed by atoms with Crippen molar-refractivity contribution < 1.29 is 0 Å². The smallest absolute Gasteiger partial charge is 0.201 e. The second kappa shape index (κ2) is 5.81. The highest BCUT2D eigenvalue weighted by Gasteiger charge is 2.10. The standard InChI is InChI=1S/C11H9ClN8/c12-7-2-1-3-8(10(7)20-6-16-5-17-20)18-19-9(4-13)11(14)15/h1-3,5-6,18H,(H3,14,15)/b19-9+. The predicted octanol–water partition coefficient (Wildman–Crippen LogP) is 1.15. The van der Waals surface area contributed by atoms with E-state index in [9.17, 15) is 0 Å². The Morgan fingerprint density at radius 1 is 1.55 bits per heavy atom. The average Bonchev–Trinajstić information content (AvgIpc) is 2.92. The lowest BCUT2D eigenvalue weighted by atomic mass is 10.2. The summed E-state index contributed by atoms with van der Waals surface area (Å²) in [6.45, 7) is 0. The number of hydrogen-bond acceptors (Lipinski definition) is 6. The van der Waals surface area contributed by atoms with Gasteiger partial charge in [0.2, 0.25) is 5.71 Å². The van der Waals surface area contributed by atoms with E-state index in [1.54, 1.807) is 24.3 Å². The van der Waals surface area contributed by atoms with Crippen LogP contribution in [0.5, 0.6) is 0 Å². The number of hydrogen-bond donors (Lipinski definition) is 3. The summed E-state index contributed by atoms with van der Waals surface area (Å²) in [5.74, 6) is -0.427. The zero-order valence-electron chi connectivity index (χ0n) is 10.1. The maximum absolute atomic E-state index is 8.79. The normalized spacial score (nSPS) is 10.9. The molecule has 0 bridgehead atoms. The average molecular weight is 289 g/mol. The molecule has 100 valence electrons. The number of rotatable bonds is 4. The molecule has 4 N–H and O–H groups in total. The molecule has 1 aromatic carbocycles. The first-order chi connectivity index (χ1) is 9.63. The quantitative estimate of drug-likeness (QED) is 0.441. The first-order valence-electron chi connectivity index (χ1n) is 5.35. The fraction of sp³-hybridized carbons (Fsp3) is 0. The predicted molar refractivity (Wildman–Crippen MR) is 75.0 cm³/mol. The molecule has 2 aromatic rings. The molecule has 0 unspecified atom stereocenters. The molecule has 0 saturated heterocycles. The Morgan fingerprint density at radius 3 is 2.95 bits per heavy atom. The minimum atomic E-state index is -0.427. The summed E-state index contributed by atoms with van der Waals surface area (Å²) >= 11 is 6.12. The van der Waals surface area contributed by atoms with Gasteiger partial charge in [-0.25, -0.2) is 9.67 Å². The van der Waals surface area contributed by atoms with Crippen LogP contribution in [0.1, 0.15) is 0 Å². The van der Waals surface area contributed by atoms with Crippen LogP contribution < -0.4 is 11.2 Å². The third-order valence-electron chi connectivity index (χ3n) is 2.28. The highest BCUT2D eigenvalue weighted by molar-refractivity contribution is 6.45. The molecule has 0 aliphatic heterocycles. The lowest BCUT2D eigenvalue weighted by molar-refractivity contribution is 0.879. The number of nitrogens with zero attached hydrogens (tertiary/aromatic N) is 5. The molecular formula is C11H9ClN8. The third kappa shape index (κ3) is 2.73. The van der Waals surface area contributed by atoms with Crippen LogP contribution in [0.3, 0.4) is 0 Å². The third-order valence-corrected chi connectivity index (χ3v) is 2.59. The van der Waals surface area contributed by atoms with Crippen LogP contribution in [0.4, 0.5) is 5.69 Å². The second-order valence-electron chi connectivity index (χ2n) is 3.57. The van der Waals surface area contributed by atoms with Crippen molar-refractivity contribution in [2.45, 2.75) is 0 Å². The van der Waals surface area contributed by atoms with E-state index in [-0.39, 0.29) is 5.71 Å². The van der Waals surface area contributed by atoms with Crippen LogP contribution >= 0.6 is 11.6 Å². The number of hydrazone groups is 1. The first-order valence-corrected chi connectivity index (χ1v) is 5.73. The molecule has 0 radical (unpaired) electrons. The van der Waals surface area contributed by atoms with Crippen molar-refractivity contribution in [1.29, 1.82) is 10.7 Å². The van der Waals surface area contributed by atoms with E-state index in [0.29, 0.717) is 16.4 Å². The van der Waals surface area contributed by atoms with Gasteiger partial charge in [-0.15, -0.1) is 0 Å². The number of aromatic nitrogens is 3. The number of nitrogens with one attached hydrogen (secondary N) is 2. The second-order valence-corrected chi connectivity index (χ2v) is 3.98. The molecule has 20 heavy (non-hydrogen) atoms. The van der Waals surface area contributed by atoms with Gasteiger partial charge in [-0.3, -0.25) is 10.8 Å². The number of nitriles is 1. The fourth-order valence-electron chi connectivity index (χ4n) is 1.42. The van der Waals surface area contributed by atoms with Crippen LogP contribution in [0, 0.1) is 16.7 Å². The monoisotopic (exact) mass is 288 g/mol. The Hall–Kier alpha value is -2.92. The van der Waals surface area contributed by atoms with Crippen molar-refractivity contribution >= 4 is 28.8 Å². The Labute approximate surface area is 119 Å². The van der Waals surface area contributed by atoms with Gasteiger partial charge in [-0.2, -0.15) is 15.5 Å². The summed E-state index contributed by atoms with van der Waals surface area (Å²) in [7, 11) is 0. The maximum atomic E-state index is 8.79. The van der Waals surface area contributed by atoms with Gasteiger partial charge in [0, 0.05) is 0 Å². The number of amidine groups is 1. The Bertz CT molecular complexity index is 698. The Morgan fingerprint density at radius 2 is 2.35 bits per heavy atom. The topological polar surface area (TPSA) is 129 Å². The van der Waals surface area contributed by atoms with E-state index in [0.717, 1.165) is 0 Å². The van der Waals surface area contributed by atoms with Crippen molar-refractivity contribution in [2.75, 3.05) is 5.43 Å². The summed E-state index contributed by atoms with van der Waals surface area (Å²) in [4.78, 5) is 3.84. The van der Waals surface area contributed by atoms with Gasteiger partial charge in [0.1, 0.15) is 24.4 Å². The molecule has 0 amide bonds. The van der Waals surface area contributed by atoms with Crippen LogP contribution in [-0.4, -0.2) is 26.3 Å². The molecule has 8 nitrogen and oxygen atoms in total. The lowest BCUT2D eigenvalue weighted by Gasteiger charge is -2.10. The van der Waals surface area contributed by atoms with Gasteiger partial charge in [0.05, 0.1) is 10.7 Å². The maximum Gasteiger partial charge on any atom is 0.201 e. The SMILES string of the molecule is N#C/C(=N\Nc1cccc(Cl)c1-n1cncn1)C(=N)N. The van der Waals surface area contributed by atoms with E-state index >= 15 is 0 Å². The van der Waals surface area contributed by atoms with Crippen LogP contribution in [-0.2, 0) is 0 Å². The number of halogens is 1. The van der Waals surface area contributed by atoms with E-state index in [4.69, 9.17) is 28.0 Å². The van der Waals surface area contributed by atoms with Gasteiger partial charge in [-0.05, 0) is 12.1 Å². The van der Waals surface area contributed by atoms with Crippen LogP contribution in [0.2, 0.25) is 5.02 Å². The van der Waals surface area contributed by atoms with E-state index in [1.165, 1.54) is 17.3 Å². The lowest BCUT2D eigenvalue weighted by Crippen LogP contribution is -2.22. The van der Waals surface area contributed by atoms with Gasteiger partial charge in [-0.1, -0.05) is 17.7 Å². The zero-order valence-corrected chi connectivity index (χ0v) is 10.8. The minimum Gasteiger partial charge on any atom is -0.382 e. The summed E-state index contributed by atoms with van der Waals surface area (Å²) in [5, 5.41) is 24.1. The van der Waals surface area contributed by atoms with E-state index < -0.39 is 5.84 Å². The van der Waals surface area contributed by atoms with Gasteiger partial charge in [0.25, 0.3) is 0 Å². The summed E-state index contributed by atoms with van der Waals surface area (Å²) in [6.07, 6.45) is 2.85. The molecule has 0 aliphatic carbocycles. The first kappa shape index (κ1) is 13.5. The molecule has 0 saturated carbocycles. The zero-order chi connectivity index (χ0) is 14.5. The number of nitrogens with two attached hydrogens (primary N) is 1. The van der Waals surface area contributed by atoms with Crippen molar-refractivity contribution in [1.82, 2.24) is 14.8 Å². The van der Waals surface area contributed by atoms with Crippen LogP contribution in [0.15, 0.2) is 36.0 Å². The summed E-state index contributed by atoms with van der Waals surface area (Å²) in [5.41, 5.74) is 8.65. The number of para-hydroxylation sites is 1. The molecule has 0 aliphatic rings. The number of benzene rings is 1. The molecule has 2 rings (SSSR count). The van der Waals surface area contributed by atoms with Crippen molar-refractivity contribution in [3.05, 3.63) is 35.9 Å². The molecule has 9 heteroatoms. The molecule has 0 spiro atoms. The Balaban J connectivity index is 2.42. The van der Waals surface area contributed by atoms with Gasteiger partial charge >= 0.3 is 0 Å². The van der Waals surface area contributed by atoms with Crippen molar-refractivity contribution in [2.24, 2.45) is 10.8 Å². The molecule has 0 atom stereocenters. The molecule has 1 heterocycles. The molecular weight excluding hydrogens is 280 g/mol. The van der Waals surface area contributed by atoms with Gasteiger partial charge < -0.3 is 5.73 Å². The Kier molecular flexibility index (Phi) is 3.93. The van der Waals surface area contributed by atoms with E-state index in [1.807, 2.05) is 0 Å². The number of anilines is 1. The van der Waals surface area contributed by atoms with E-state index in [2.05, 4.69) is 20.6 Å². The highest BCUT2D eigenvalue weighted by Crippen LogP contribution is 2.27. The summed E-state index contributed by atoms with van der Waals surface area (Å²) < 4.78 is 1.46. The molecule has 0 fully saturated rings. The van der Waals surface area contributed by atoms with Crippen LogP contribution in [0.25, 0.3) is 5.69 Å². The highest BCUT2D eigenvalue weighted by atomic mass is 35.5. The van der Waals surface area contributed by atoms with Crippen molar-refractivity contribution in [3.63, 3.8) is 0 Å². The van der Waals surface area contributed by atoms with Crippen molar-refractivity contribution in [3.8, 4) is 11.8 Å². The minimum absolute atomic E-state index is 0.227.